The van der Waals surface area contributed by atoms with Gasteiger partial charge in [0.05, 0.1) is 20.3 Å². The van der Waals surface area contributed by atoms with Crippen LogP contribution in [0.25, 0.3) is 11.5 Å². The van der Waals surface area contributed by atoms with E-state index in [9.17, 15) is 0 Å². The Kier molecular flexibility index (Phi) is 6.81. The third kappa shape index (κ3) is 5.62. The number of nitrogens with two attached hydrogens (primary N) is 1. The monoisotopic (exact) mass is 422 g/mol. The smallest absolute Gasteiger partial charge is 0.226 e. The highest BCUT2D eigenvalue weighted by Crippen LogP contribution is 2.22. The van der Waals surface area contributed by atoms with Crippen LogP contribution in [0.3, 0.4) is 0 Å². The van der Waals surface area contributed by atoms with Gasteiger partial charge in [0, 0.05) is 30.8 Å². The van der Waals surface area contributed by atoms with Crippen LogP contribution < -0.4 is 10.5 Å². The van der Waals surface area contributed by atoms with Crippen LogP contribution >= 0.6 is 0 Å². The quantitative estimate of drug-likeness (QED) is 0.339. The number of hydrogen-bond donors (Lipinski definition) is 1. The first-order chi connectivity index (χ1) is 15.2. The summed E-state index contributed by atoms with van der Waals surface area (Å²) in [6, 6.07) is 15.5. The summed E-state index contributed by atoms with van der Waals surface area (Å²) < 4.78 is 16.1. The zero-order valence-electron chi connectivity index (χ0n) is 17.5. The first-order valence-electron chi connectivity index (χ1n) is 10.1. The van der Waals surface area contributed by atoms with E-state index in [0.717, 1.165) is 49.7 Å². The van der Waals surface area contributed by atoms with E-state index < -0.39 is 0 Å². The number of amidine groups is 1. The number of nitrogens with zero attached hydrogens (tertiary/aromatic N) is 3. The lowest BCUT2D eigenvalue weighted by Gasteiger charge is -2.26. The molecule has 2 heterocycles. The zero-order chi connectivity index (χ0) is 21.5. The minimum absolute atomic E-state index is 0.161. The van der Waals surface area contributed by atoms with Crippen LogP contribution in [-0.4, -0.2) is 49.1 Å². The van der Waals surface area contributed by atoms with E-state index in [4.69, 9.17) is 24.5 Å². The summed E-state index contributed by atoms with van der Waals surface area (Å²) in [6.45, 7) is 4.45. The lowest BCUT2D eigenvalue weighted by molar-refractivity contribution is 0.0342. The molecule has 8 nitrogen and oxygen atoms in total. The van der Waals surface area contributed by atoms with Crippen LogP contribution in [-0.2, 0) is 22.7 Å². The van der Waals surface area contributed by atoms with Crippen LogP contribution in [0.2, 0.25) is 0 Å². The zero-order valence-corrected chi connectivity index (χ0v) is 17.5. The van der Waals surface area contributed by atoms with Gasteiger partial charge in [-0.3, -0.25) is 4.90 Å². The minimum atomic E-state index is 0.161. The summed E-state index contributed by atoms with van der Waals surface area (Å²) in [5, 5.41) is 4.04. The number of oxime groups is 1. The maximum atomic E-state index is 6.12. The summed E-state index contributed by atoms with van der Waals surface area (Å²) in [5.41, 5.74) is 9.61. The molecule has 1 fully saturated rings. The fraction of sp³-hybridized carbons (Fsp3) is 0.304. The minimum Gasteiger partial charge on any atom is -0.497 e. The molecule has 1 saturated heterocycles. The summed E-state index contributed by atoms with van der Waals surface area (Å²) in [7, 11) is 1.63. The first kappa shape index (κ1) is 20.9. The fourth-order valence-electron chi connectivity index (χ4n) is 3.31. The summed E-state index contributed by atoms with van der Waals surface area (Å²) in [6.07, 6.45) is 1.55. The molecule has 0 amide bonds. The number of benzene rings is 2. The summed E-state index contributed by atoms with van der Waals surface area (Å²) in [5.74, 6) is 1.61. The lowest BCUT2D eigenvalue weighted by Crippen LogP contribution is -2.35. The van der Waals surface area contributed by atoms with Crippen LogP contribution in [0, 0.1) is 0 Å². The normalized spacial score (nSPS) is 15.1. The van der Waals surface area contributed by atoms with Gasteiger partial charge in [0.15, 0.2) is 12.4 Å². The number of aromatic nitrogens is 1. The Labute approximate surface area is 181 Å². The molecule has 162 valence electrons. The van der Waals surface area contributed by atoms with Crippen molar-refractivity contribution in [3.8, 4) is 17.2 Å². The predicted octanol–water partition coefficient (Wildman–Crippen LogP) is 3.02. The predicted molar refractivity (Wildman–Crippen MR) is 117 cm³/mol. The Morgan fingerprint density at radius 1 is 1.16 bits per heavy atom. The van der Waals surface area contributed by atoms with E-state index in [-0.39, 0.29) is 6.61 Å². The molecule has 1 aliphatic rings. The van der Waals surface area contributed by atoms with Gasteiger partial charge in [-0.15, -0.1) is 0 Å². The van der Waals surface area contributed by atoms with Crippen molar-refractivity contribution in [2.75, 3.05) is 33.4 Å². The van der Waals surface area contributed by atoms with Crippen molar-refractivity contribution in [3.05, 3.63) is 71.6 Å². The Balaban J connectivity index is 1.33. The third-order valence-electron chi connectivity index (χ3n) is 5.00. The topological polar surface area (TPSA) is 95.3 Å². The van der Waals surface area contributed by atoms with Crippen molar-refractivity contribution in [1.29, 1.82) is 0 Å². The van der Waals surface area contributed by atoms with Crippen molar-refractivity contribution in [2.45, 2.75) is 13.2 Å². The van der Waals surface area contributed by atoms with Gasteiger partial charge in [0.2, 0.25) is 5.89 Å². The molecule has 0 radical (unpaired) electrons. The van der Waals surface area contributed by atoms with Gasteiger partial charge >= 0.3 is 0 Å². The van der Waals surface area contributed by atoms with Gasteiger partial charge in [-0.25, -0.2) is 4.98 Å². The number of hydrogen-bond acceptors (Lipinski definition) is 7. The van der Waals surface area contributed by atoms with Gasteiger partial charge in [-0.05, 0) is 35.9 Å². The molecule has 0 unspecified atom stereocenters. The fourth-order valence-corrected chi connectivity index (χ4v) is 3.31. The van der Waals surface area contributed by atoms with Crippen molar-refractivity contribution in [1.82, 2.24) is 9.88 Å². The average Bonchev–Trinajstić information content (AvgIpc) is 3.29. The number of ether oxygens (including phenoxy) is 2. The molecule has 8 heteroatoms. The molecule has 0 saturated carbocycles. The van der Waals surface area contributed by atoms with E-state index in [0.29, 0.717) is 17.4 Å². The van der Waals surface area contributed by atoms with Crippen molar-refractivity contribution in [2.24, 2.45) is 10.9 Å². The van der Waals surface area contributed by atoms with E-state index in [2.05, 4.69) is 21.1 Å². The van der Waals surface area contributed by atoms with Crippen molar-refractivity contribution < 1.29 is 18.7 Å². The average molecular weight is 422 g/mol. The molecule has 0 aliphatic carbocycles. The van der Waals surface area contributed by atoms with Crippen molar-refractivity contribution in [3.63, 3.8) is 0 Å². The molecule has 31 heavy (non-hydrogen) atoms. The Morgan fingerprint density at radius 2 is 1.97 bits per heavy atom. The Morgan fingerprint density at radius 3 is 2.74 bits per heavy atom. The first-order valence-corrected chi connectivity index (χ1v) is 10.1. The van der Waals surface area contributed by atoms with Crippen LogP contribution in [0.15, 0.2) is 64.4 Å². The van der Waals surface area contributed by atoms with E-state index >= 15 is 0 Å². The highest BCUT2D eigenvalue weighted by atomic mass is 16.6. The molecule has 0 atom stereocenters. The second kappa shape index (κ2) is 10.1. The molecule has 0 bridgehead atoms. The van der Waals surface area contributed by atoms with Crippen molar-refractivity contribution >= 4 is 5.84 Å². The van der Waals surface area contributed by atoms with Crippen LogP contribution in [0.4, 0.5) is 0 Å². The van der Waals surface area contributed by atoms with E-state index in [1.54, 1.807) is 13.4 Å². The van der Waals surface area contributed by atoms with Gasteiger partial charge in [0.25, 0.3) is 0 Å². The number of oxazole rings is 1. The largest absolute Gasteiger partial charge is 0.497 e. The summed E-state index contributed by atoms with van der Waals surface area (Å²) in [4.78, 5) is 12.2. The highest BCUT2D eigenvalue weighted by molar-refractivity contribution is 5.97. The number of rotatable bonds is 8. The second-order valence-corrected chi connectivity index (χ2v) is 7.21. The highest BCUT2D eigenvalue weighted by Gasteiger charge is 2.12. The number of methoxy groups -OCH3 is 1. The van der Waals surface area contributed by atoms with Gasteiger partial charge < -0.3 is 24.5 Å². The standard InChI is InChI=1S/C23H26N4O4/c1-28-21-7-5-18(6-8-21)23-25-20(15-30-23)16-31-26-22(24)19-4-2-3-17(13-19)14-27-9-11-29-12-10-27/h2-8,13,15H,9-12,14,16H2,1H3,(H2,24,26). The molecule has 2 N–H and O–H groups in total. The van der Waals surface area contributed by atoms with Crippen LogP contribution in [0.5, 0.6) is 5.75 Å². The van der Waals surface area contributed by atoms with Crippen LogP contribution in [0.1, 0.15) is 16.8 Å². The van der Waals surface area contributed by atoms with Gasteiger partial charge in [-0.2, -0.15) is 0 Å². The van der Waals surface area contributed by atoms with E-state index in [1.165, 1.54) is 5.56 Å². The second-order valence-electron chi connectivity index (χ2n) is 7.21. The maximum absolute atomic E-state index is 6.12. The number of morpholine rings is 1. The third-order valence-corrected chi connectivity index (χ3v) is 5.00. The Hall–Kier alpha value is -3.36. The molecule has 1 aliphatic heterocycles. The summed E-state index contributed by atoms with van der Waals surface area (Å²) >= 11 is 0. The van der Waals surface area contributed by atoms with Gasteiger partial charge in [-0.1, -0.05) is 23.4 Å². The Bertz CT molecular complexity index is 1010. The molecular formula is C23H26N4O4. The molecule has 1 aromatic heterocycles. The lowest BCUT2D eigenvalue weighted by atomic mass is 10.1. The molecule has 0 spiro atoms. The van der Waals surface area contributed by atoms with Gasteiger partial charge in [0.1, 0.15) is 17.7 Å². The molecular weight excluding hydrogens is 396 g/mol. The maximum Gasteiger partial charge on any atom is 0.226 e. The SMILES string of the molecule is COc1ccc(-c2nc(CO/N=C(\N)c3cccc(CN4CCOCC4)c3)co2)cc1. The van der Waals surface area contributed by atoms with E-state index in [1.807, 2.05) is 42.5 Å². The molecule has 4 rings (SSSR count). The molecule has 2 aromatic carbocycles. The molecule has 3 aromatic rings.